The summed E-state index contributed by atoms with van der Waals surface area (Å²) in [7, 11) is 0. The third kappa shape index (κ3) is 6.36. The number of unbranched alkanes of at least 4 members (excludes halogenated alkanes) is 2. The number of benzene rings is 1. The van der Waals surface area contributed by atoms with Gasteiger partial charge in [-0.3, -0.25) is 9.59 Å². The number of aliphatic carboxylic acids is 1. The SMILES string of the molecule is CC(C)Oc1ccc(C(=O)CCCCCC(=O)O)cc1. The van der Waals surface area contributed by atoms with Crippen molar-refractivity contribution in [1.82, 2.24) is 0 Å². The third-order valence-electron chi connectivity index (χ3n) is 2.84. The van der Waals surface area contributed by atoms with E-state index in [2.05, 4.69) is 0 Å². The lowest BCUT2D eigenvalue weighted by molar-refractivity contribution is -0.137. The molecule has 0 bridgehead atoms. The number of ether oxygens (including phenoxy) is 1. The second-order valence-electron chi connectivity index (χ2n) is 5.07. The molecule has 1 rings (SSSR count). The lowest BCUT2D eigenvalue weighted by atomic mass is 10.0. The second kappa shape index (κ2) is 8.35. The lowest BCUT2D eigenvalue weighted by Crippen LogP contribution is -2.06. The van der Waals surface area contributed by atoms with E-state index in [1.807, 2.05) is 13.8 Å². The molecule has 0 fully saturated rings. The van der Waals surface area contributed by atoms with E-state index in [4.69, 9.17) is 9.84 Å². The van der Waals surface area contributed by atoms with Crippen LogP contribution < -0.4 is 4.74 Å². The summed E-state index contributed by atoms with van der Waals surface area (Å²) >= 11 is 0. The number of Topliss-reactive ketones (excluding diaryl/α,β-unsaturated/α-hetero) is 1. The highest BCUT2D eigenvalue weighted by Gasteiger charge is 2.06. The predicted octanol–water partition coefficient (Wildman–Crippen LogP) is 3.69. The average Bonchev–Trinajstić information content (AvgIpc) is 2.38. The molecule has 1 aromatic rings. The minimum absolute atomic E-state index is 0.0939. The average molecular weight is 278 g/mol. The van der Waals surface area contributed by atoms with Crippen LogP contribution in [0.2, 0.25) is 0 Å². The van der Waals surface area contributed by atoms with Crippen molar-refractivity contribution in [3.8, 4) is 5.75 Å². The quantitative estimate of drug-likeness (QED) is 0.552. The first-order valence-corrected chi connectivity index (χ1v) is 7.00. The van der Waals surface area contributed by atoms with E-state index in [9.17, 15) is 9.59 Å². The first kappa shape index (κ1) is 16.2. The normalized spacial score (nSPS) is 10.6. The number of carboxylic acids is 1. The number of rotatable bonds is 9. The van der Waals surface area contributed by atoms with Gasteiger partial charge in [0, 0.05) is 18.4 Å². The minimum atomic E-state index is -0.780. The summed E-state index contributed by atoms with van der Waals surface area (Å²) in [5.74, 6) is 0.0755. The van der Waals surface area contributed by atoms with E-state index in [1.54, 1.807) is 24.3 Å². The van der Waals surface area contributed by atoms with E-state index in [1.165, 1.54) is 0 Å². The van der Waals surface area contributed by atoms with Gasteiger partial charge in [0.05, 0.1) is 6.10 Å². The Labute approximate surface area is 119 Å². The van der Waals surface area contributed by atoms with Crippen molar-refractivity contribution in [3.63, 3.8) is 0 Å². The summed E-state index contributed by atoms with van der Waals surface area (Å²) in [4.78, 5) is 22.3. The van der Waals surface area contributed by atoms with Gasteiger partial charge in [-0.2, -0.15) is 0 Å². The summed E-state index contributed by atoms with van der Waals surface area (Å²) in [5, 5.41) is 8.51. The molecule has 1 N–H and O–H groups in total. The zero-order valence-corrected chi connectivity index (χ0v) is 12.1. The molecule has 0 unspecified atom stereocenters. The van der Waals surface area contributed by atoms with Gasteiger partial charge < -0.3 is 9.84 Å². The Bertz CT molecular complexity index is 434. The van der Waals surface area contributed by atoms with Crippen LogP contribution in [0.1, 0.15) is 56.3 Å². The first-order valence-electron chi connectivity index (χ1n) is 7.00. The fourth-order valence-corrected chi connectivity index (χ4v) is 1.87. The number of hydrogen-bond donors (Lipinski definition) is 1. The zero-order valence-electron chi connectivity index (χ0n) is 12.1. The maximum absolute atomic E-state index is 11.9. The molecular formula is C16H22O4. The van der Waals surface area contributed by atoms with E-state index in [0.29, 0.717) is 18.4 Å². The summed E-state index contributed by atoms with van der Waals surface area (Å²) in [5.41, 5.74) is 0.680. The molecule has 0 aromatic heterocycles. The van der Waals surface area contributed by atoms with Crippen LogP contribution in [-0.4, -0.2) is 23.0 Å². The van der Waals surface area contributed by atoms with E-state index >= 15 is 0 Å². The van der Waals surface area contributed by atoms with Gasteiger partial charge >= 0.3 is 5.97 Å². The smallest absolute Gasteiger partial charge is 0.303 e. The van der Waals surface area contributed by atoms with Crippen LogP contribution in [0.15, 0.2) is 24.3 Å². The largest absolute Gasteiger partial charge is 0.491 e. The Morgan fingerprint density at radius 2 is 1.65 bits per heavy atom. The van der Waals surface area contributed by atoms with Crippen molar-refractivity contribution in [2.45, 2.75) is 52.1 Å². The molecular weight excluding hydrogens is 256 g/mol. The molecule has 0 spiro atoms. The van der Waals surface area contributed by atoms with Gasteiger partial charge in [0.1, 0.15) is 5.75 Å². The summed E-state index contributed by atoms with van der Waals surface area (Å²) in [6.07, 6.45) is 2.89. The van der Waals surface area contributed by atoms with Crippen molar-refractivity contribution in [2.24, 2.45) is 0 Å². The summed E-state index contributed by atoms with van der Waals surface area (Å²) in [6, 6.07) is 7.16. The maximum Gasteiger partial charge on any atom is 0.303 e. The Kier molecular flexibility index (Phi) is 6.77. The van der Waals surface area contributed by atoms with Crippen molar-refractivity contribution in [2.75, 3.05) is 0 Å². The lowest BCUT2D eigenvalue weighted by Gasteiger charge is -2.09. The standard InChI is InChI=1S/C16H22O4/c1-12(2)20-14-10-8-13(9-11-14)15(17)6-4-3-5-7-16(18)19/h8-12H,3-7H2,1-2H3,(H,18,19). The topological polar surface area (TPSA) is 63.6 Å². The summed E-state index contributed by atoms with van der Waals surface area (Å²) in [6.45, 7) is 3.91. The second-order valence-corrected chi connectivity index (χ2v) is 5.07. The van der Waals surface area contributed by atoms with Gasteiger partial charge in [-0.15, -0.1) is 0 Å². The van der Waals surface area contributed by atoms with Crippen molar-refractivity contribution < 1.29 is 19.4 Å². The van der Waals surface area contributed by atoms with Crippen LogP contribution in [0.5, 0.6) is 5.75 Å². The molecule has 0 saturated carbocycles. The molecule has 0 aliphatic heterocycles. The maximum atomic E-state index is 11.9. The molecule has 20 heavy (non-hydrogen) atoms. The van der Waals surface area contributed by atoms with Gasteiger partial charge in [-0.1, -0.05) is 6.42 Å². The first-order chi connectivity index (χ1) is 9.49. The molecule has 0 atom stereocenters. The number of ketones is 1. The molecule has 0 aliphatic rings. The van der Waals surface area contributed by atoms with Crippen molar-refractivity contribution >= 4 is 11.8 Å². The van der Waals surface area contributed by atoms with Gasteiger partial charge in [-0.05, 0) is 51.0 Å². The van der Waals surface area contributed by atoms with Crippen LogP contribution >= 0.6 is 0 Å². The summed E-state index contributed by atoms with van der Waals surface area (Å²) < 4.78 is 5.52. The Balaban J connectivity index is 2.34. The molecule has 0 saturated heterocycles. The molecule has 110 valence electrons. The highest BCUT2D eigenvalue weighted by molar-refractivity contribution is 5.96. The van der Waals surface area contributed by atoms with Gasteiger partial charge in [0.25, 0.3) is 0 Å². The molecule has 0 heterocycles. The van der Waals surface area contributed by atoms with Crippen LogP contribution in [0.25, 0.3) is 0 Å². The van der Waals surface area contributed by atoms with Gasteiger partial charge in [0.15, 0.2) is 5.78 Å². The number of carbonyl (C=O) groups is 2. The Hall–Kier alpha value is -1.84. The van der Waals surface area contributed by atoms with Crippen molar-refractivity contribution in [3.05, 3.63) is 29.8 Å². The van der Waals surface area contributed by atoms with E-state index < -0.39 is 5.97 Å². The van der Waals surface area contributed by atoms with Crippen LogP contribution in [0, 0.1) is 0 Å². The molecule has 1 aromatic carbocycles. The van der Waals surface area contributed by atoms with Crippen molar-refractivity contribution in [1.29, 1.82) is 0 Å². The minimum Gasteiger partial charge on any atom is -0.491 e. The van der Waals surface area contributed by atoms with Crippen LogP contribution in [0.3, 0.4) is 0 Å². The number of carboxylic acid groups (broad SMARTS) is 1. The zero-order chi connectivity index (χ0) is 15.0. The van der Waals surface area contributed by atoms with Crippen LogP contribution in [-0.2, 0) is 4.79 Å². The van der Waals surface area contributed by atoms with E-state index in [0.717, 1.165) is 18.6 Å². The third-order valence-corrected chi connectivity index (χ3v) is 2.84. The Morgan fingerprint density at radius 3 is 2.20 bits per heavy atom. The highest BCUT2D eigenvalue weighted by atomic mass is 16.5. The number of hydrogen-bond acceptors (Lipinski definition) is 3. The van der Waals surface area contributed by atoms with E-state index in [-0.39, 0.29) is 18.3 Å². The highest BCUT2D eigenvalue weighted by Crippen LogP contribution is 2.16. The van der Waals surface area contributed by atoms with Gasteiger partial charge in [-0.25, -0.2) is 0 Å². The molecule has 0 amide bonds. The number of carbonyl (C=O) groups excluding carboxylic acids is 1. The van der Waals surface area contributed by atoms with Gasteiger partial charge in [0.2, 0.25) is 0 Å². The molecule has 4 nitrogen and oxygen atoms in total. The Morgan fingerprint density at radius 1 is 1.05 bits per heavy atom. The fraction of sp³-hybridized carbons (Fsp3) is 0.500. The molecule has 0 aliphatic carbocycles. The molecule has 4 heteroatoms. The van der Waals surface area contributed by atoms with Crippen LogP contribution in [0.4, 0.5) is 0 Å². The predicted molar refractivity (Wildman–Crippen MR) is 77.3 cm³/mol. The molecule has 0 radical (unpaired) electrons. The fourth-order valence-electron chi connectivity index (χ4n) is 1.87. The monoisotopic (exact) mass is 278 g/mol.